The molecule has 0 saturated heterocycles. The first-order chi connectivity index (χ1) is 8.84. The van der Waals surface area contributed by atoms with Crippen molar-refractivity contribution in [2.45, 2.75) is 38.0 Å². The van der Waals surface area contributed by atoms with Crippen molar-refractivity contribution in [3.63, 3.8) is 0 Å². The SMILES string of the molecule is Nc1nc(-c2cccnc2)c(C2CCCCC2)s1. The minimum Gasteiger partial charge on any atom is -0.375 e. The zero-order valence-corrected chi connectivity index (χ0v) is 11.1. The quantitative estimate of drug-likeness (QED) is 0.891. The third kappa shape index (κ3) is 2.25. The molecule has 0 amide bonds. The van der Waals surface area contributed by atoms with Gasteiger partial charge in [-0.2, -0.15) is 0 Å². The van der Waals surface area contributed by atoms with Crippen LogP contribution in [0.2, 0.25) is 0 Å². The van der Waals surface area contributed by atoms with Crippen LogP contribution >= 0.6 is 11.3 Å². The summed E-state index contributed by atoms with van der Waals surface area (Å²) in [6.45, 7) is 0. The Kier molecular flexibility index (Phi) is 3.28. The molecule has 2 aromatic heterocycles. The van der Waals surface area contributed by atoms with Gasteiger partial charge in [-0.25, -0.2) is 4.98 Å². The molecule has 1 saturated carbocycles. The van der Waals surface area contributed by atoms with Gasteiger partial charge >= 0.3 is 0 Å². The van der Waals surface area contributed by atoms with Crippen molar-refractivity contribution >= 4 is 16.5 Å². The molecule has 0 aromatic carbocycles. The smallest absolute Gasteiger partial charge is 0.180 e. The molecule has 3 nitrogen and oxygen atoms in total. The summed E-state index contributed by atoms with van der Waals surface area (Å²) in [5.41, 5.74) is 8.05. The first kappa shape index (κ1) is 11.7. The predicted molar refractivity (Wildman–Crippen MR) is 75.6 cm³/mol. The van der Waals surface area contributed by atoms with Crippen molar-refractivity contribution in [1.29, 1.82) is 0 Å². The van der Waals surface area contributed by atoms with Crippen LogP contribution in [0.5, 0.6) is 0 Å². The van der Waals surface area contributed by atoms with Crippen molar-refractivity contribution in [1.82, 2.24) is 9.97 Å². The Hall–Kier alpha value is -1.42. The third-order valence-corrected chi connectivity index (χ3v) is 4.63. The lowest BCUT2D eigenvalue weighted by atomic mass is 9.87. The molecule has 1 aliphatic rings. The van der Waals surface area contributed by atoms with Crippen molar-refractivity contribution in [2.75, 3.05) is 5.73 Å². The van der Waals surface area contributed by atoms with Crippen LogP contribution in [-0.2, 0) is 0 Å². The molecule has 0 unspecified atom stereocenters. The monoisotopic (exact) mass is 259 g/mol. The first-order valence-electron chi connectivity index (χ1n) is 6.51. The third-order valence-electron chi connectivity index (χ3n) is 3.58. The van der Waals surface area contributed by atoms with Gasteiger partial charge in [0.1, 0.15) is 0 Å². The number of hydrogen-bond donors (Lipinski definition) is 1. The van der Waals surface area contributed by atoms with Crippen LogP contribution in [-0.4, -0.2) is 9.97 Å². The van der Waals surface area contributed by atoms with Gasteiger partial charge in [-0.15, -0.1) is 11.3 Å². The lowest BCUT2D eigenvalue weighted by molar-refractivity contribution is 0.448. The van der Waals surface area contributed by atoms with E-state index in [9.17, 15) is 0 Å². The fourth-order valence-corrected chi connectivity index (χ4v) is 3.72. The molecule has 1 fully saturated rings. The van der Waals surface area contributed by atoms with Crippen LogP contribution in [0, 0.1) is 0 Å². The lowest BCUT2D eigenvalue weighted by Gasteiger charge is -2.21. The maximum absolute atomic E-state index is 5.91. The summed E-state index contributed by atoms with van der Waals surface area (Å²) in [6.07, 6.45) is 10.2. The van der Waals surface area contributed by atoms with Gasteiger partial charge in [-0.05, 0) is 30.9 Å². The molecule has 2 N–H and O–H groups in total. The topological polar surface area (TPSA) is 51.8 Å². The number of pyridine rings is 1. The number of hydrogen-bond acceptors (Lipinski definition) is 4. The summed E-state index contributed by atoms with van der Waals surface area (Å²) in [6, 6.07) is 4.02. The molecule has 0 spiro atoms. The maximum Gasteiger partial charge on any atom is 0.180 e. The fraction of sp³-hybridized carbons (Fsp3) is 0.429. The highest BCUT2D eigenvalue weighted by atomic mass is 32.1. The second-order valence-corrected chi connectivity index (χ2v) is 5.90. The van der Waals surface area contributed by atoms with E-state index < -0.39 is 0 Å². The summed E-state index contributed by atoms with van der Waals surface area (Å²) < 4.78 is 0. The minimum absolute atomic E-state index is 0.642. The van der Waals surface area contributed by atoms with Gasteiger partial charge in [0.2, 0.25) is 0 Å². The second-order valence-electron chi connectivity index (χ2n) is 4.84. The van der Waals surface area contributed by atoms with Crippen LogP contribution in [0.15, 0.2) is 24.5 Å². The zero-order chi connectivity index (χ0) is 12.4. The van der Waals surface area contributed by atoms with E-state index in [2.05, 4.69) is 16.0 Å². The average Bonchev–Trinajstić information content (AvgIpc) is 2.83. The normalized spacial score (nSPS) is 16.9. The van der Waals surface area contributed by atoms with E-state index in [-0.39, 0.29) is 0 Å². The van der Waals surface area contributed by atoms with E-state index in [1.165, 1.54) is 37.0 Å². The number of nitrogens with zero attached hydrogens (tertiary/aromatic N) is 2. The molecule has 0 radical (unpaired) electrons. The Morgan fingerprint density at radius 1 is 1.22 bits per heavy atom. The van der Waals surface area contributed by atoms with Crippen LogP contribution in [0.3, 0.4) is 0 Å². The Bertz CT molecular complexity index is 515. The largest absolute Gasteiger partial charge is 0.375 e. The van der Waals surface area contributed by atoms with E-state index >= 15 is 0 Å². The molecule has 0 bridgehead atoms. The Labute approximate surface area is 111 Å². The minimum atomic E-state index is 0.642. The Balaban J connectivity index is 1.99. The van der Waals surface area contributed by atoms with E-state index in [1.54, 1.807) is 17.5 Å². The number of rotatable bonds is 2. The Morgan fingerprint density at radius 3 is 2.78 bits per heavy atom. The van der Waals surface area contributed by atoms with E-state index in [1.807, 2.05) is 12.3 Å². The highest BCUT2D eigenvalue weighted by molar-refractivity contribution is 7.15. The maximum atomic E-state index is 5.91. The molecule has 4 heteroatoms. The summed E-state index contributed by atoms with van der Waals surface area (Å²) >= 11 is 1.65. The predicted octanol–water partition coefficient (Wildman–Crippen LogP) is 3.84. The van der Waals surface area contributed by atoms with Crippen LogP contribution in [0.1, 0.15) is 42.9 Å². The Morgan fingerprint density at radius 2 is 2.06 bits per heavy atom. The molecule has 1 aliphatic carbocycles. The molecule has 0 atom stereocenters. The fourth-order valence-electron chi connectivity index (χ4n) is 2.70. The van der Waals surface area contributed by atoms with Gasteiger partial charge in [-0.3, -0.25) is 4.98 Å². The van der Waals surface area contributed by atoms with E-state index in [0.29, 0.717) is 11.0 Å². The first-order valence-corrected chi connectivity index (χ1v) is 7.33. The van der Waals surface area contributed by atoms with Gasteiger partial charge in [0, 0.05) is 22.8 Å². The van der Waals surface area contributed by atoms with Crippen molar-refractivity contribution in [2.24, 2.45) is 0 Å². The summed E-state index contributed by atoms with van der Waals surface area (Å²) in [7, 11) is 0. The standard InChI is InChI=1S/C14H17N3S/c15-14-17-12(11-7-4-8-16-9-11)13(18-14)10-5-2-1-3-6-10/h4,7-10H,1-3,5-6H2,(H2,15,17). The van der Waals surface area contributed by atoms with Gasteiger partial charge in [0.25, 0.3) is 0 Å². The molecule has 94 valence electrons. The van der Waals surface area contributed by atoms with Gasteiger partial charge in [0.15, 0.2) is 5.13 Å². The summed E-state index contributed by atoms with van der Waals surface area (Å²) in [5.74, 6) is 0.642. The van der Waals surface area contributed by atoms with Gasteiger partial charge in [-0.1, -0.05) is 19.3 Å². The van der Waals surface area contributed by atoms with E-state index in [4.69, 9.17) is 5.73 Å². The number of aromatic nitrogens is 2. The average molecular weight is 259 g/mol. The molecule has 0 aliphatic heterocycles. The number of nitrogen functional groups attached to an aromatic ring is 1. The number of anilines is 1. The van der Waals surface area contributed by atoms with Crippen LogP contribution < -0.4 is 5.73 Å². The molecule has 2 aromatic rings. The van der Waals surface area contributed by atoms with Gasteiger partial charge < -0.3 is 5.73 Å². The molecular weight excluding hydrogens is 242 g/mol. The van der Waals surface area contributed by atoms with Crippen molar-refractivity contribution < 1.29 is 0 Å². The van der Waals surface area contributed by atoms with Crippen LogP contribution in [0.4, 0.5) is 5.13 Å². The molecule has 18 heavy (non-hydrogen) atoms. The highest BCUT2D eigenvalue weighted by Crippen LogP contribution is 2.41. The molecule has 2 heterocycles. The van der Waals surface area contributed by atoms with Crippen LogP contribution in [0.25, 0.3) is 11.3 Å². The van der Waals surface area contributed by atoms with Crippen molar-refractivity contribution in [3.05, 3.63) is 29.4 Å². The molecular formula is C14H17N3S. The number of nitrogens with two attached hydrogens (primary N) is 1. The lowest BCUT2D eigenvalue weighted by Crippen LogP contribution is -2.04. The van der Waals surface area contributed by atoms with Crippen molar-refractivity contribution in [3.8, 4) is 11.3 Å². The second kappa shape index (κ2) is 5.06. The zero-order valence-electron chi connectivity index (χ0n) is 10.3. The summed E-state index contributed by atoms with van der Waals surface area (Å²) in [4.78, 5) is 10.1. The molecule has 3 rings (SSSR count). The van der Waals surface area contributed by atoms with E-state index in [0.717, 1.165) is 11.3 Å². The highest BCUT2D eigenvalue weighted by Gasteiger charge is 2.22. The summed E-state index contributed by atoms with van der Waals surface area (Å²) in [5, 5.41) is 0.675. The van der Waals surface area contributed by atoms with Gasteiger partial charge in [0.05, 0.1) is 5.69 Å². The number of thiazole rings is 1.